The van der Waals surface area contributed by atoms with Crippen LogP contribution in [0.2, 0.25) is 0 Å². The van der Waals surface area contributed by atoms with Crippen molar-refractivity contribution in [3.63, 3.8) is 0 Å². The minimum absolute atomic E-state index is 0.198. The molecule has 0 radical (unpaired) electrons. The Labute approximate surface area is 157 Å². The Hall–Kier alpha value is -2.04. The third kappa shape index (κ3) is 8.37. The average molecular weight is 364 g/mol. The van der Waals surface area contributed by atoms with Crippen LogP contribution in [0.15, 0.2) is 18.2 Å². The lowest BCUT2D eigenvalue weighted by Gasteiger charge is -2.15. The normalized spacial score (nSPS) is 10.4. The molecule has 0 aromatic heterocycles. The summed E-state index contributed by atoms with van der Waals surface area (Å²) in [6.45, 7) is 6.52. The van der Waals surface area contributed by atoms with Crippen molar-refractivity contribution in [3.8, 4) is 17.2 Å². The molecule has 0 aliphatic heterocycles. The molecule has 1 aromatic rings. The van der Waals surface area contributed by atoms with Crippen LogP contribution in [0.1, 0.15) is 78.6 Å². The van der Waals surface area contributed by atoms with Gasteiger partial charge in [-0.05, 0) is 31.4 Å². The Kier molecular flexibility index (Phi) is 11.2. The minimum atomic E-state index is -0.362. The molecule has 0 aliphatic rings. The first kappa shape index (κ1) is 22.0. The summed E-state index contributed by atoms with van der Waals surface area (Å²) in [7, 11) is 0. The standard InChI is InChI=1S/C21H32O5/c1-4-7-8-9-10-16-24-17-14-11-15-18(25-19(22)12-5-2)21(17)26-20(23)13-6-3/h11,14-15H,4-10,12-13,16H2,1-3H3. The van der Waals surface area contributed by atoms with E-state index in [1.807, 2.05) is 13.8 Å². The molecule has 26 heavy (non-hydrogen) atoms. The molecule has 0 spiro atoms. The minimum Gasteiger partial charge on any atom is -0.490 e. The zero-order valence-corrected chi connectivity index (χ0v) is 16.3. The van der Waals surface area contributed by atoms with Gasteiger partial charge in [-0.15, -0.1) is 0 Å². The molecule has 146 valence electrons. The van der Waals surface area contributed by atoms with E-state index in [9.17, 15) is 9.59 Å². The Morgan fingerprint density at radius 1 is 0.769 bits per heavy atom. The second-order valence-electron chi connectivity index (χ2n) is 6.29. The highest BCUT2D eigenvalue weighted by molar-refractivity contribution is 5.77. The molecule has 0 unspecified atom stereocenters. The van der Waals surface area contributed by atoms with Gasteiger partial charge in [0.1, 0.15) is 0 Å². The van der Waals surface area contributed by atoms with E-state index in [1.54, 1.807) is 18.2 Å². The van der Waals surface area contributed by atoms with Crippen molar-refractivity contribution < 1.29 is 23.8 Å². The summed E-state index contributed by atoms with van der Waals surface area (Å²) in [6, 6.07) is 5.09. The molecular weight excluding hydrogens is 332 g/mol. The summed E-state index contributed by atoms with van der Waals surface area (Å²) in [4.78, 5) is 23.8. The molecule has 0 fully saturated rings. The van der Waals surface area contributed by atoms with Gasteiger partial charge in [-0.2, -0.15) is 0 Å². The molecule has 0 heterocycles. The molecule has 0 N–H and O–H groups in total. The van der Waals surface area contributed by atoms with E-state index in [0.29, 0.717) is 38.0 Å². The maximum atomic E-state index is 12.0. The van der Waals surface area contributed by atoms with Crippen molar-refractivity contribution in [3.05, 3.63) is 18.2 Å². The zero-order valence-electron chi connectivity index (χ0n) is 16.3. The first-order valence-corrected chi connectivity index (χ1v) is 9.79. The van der Waals surface area contributed by atoms with E-state index in [4.69, 9.17) is 14.2 Å². The second-order valence-corrected chi connectivity index (χ2v) is 6.29. The quantitative estimate of drug-likeness (QED) is 0.265. The van der Waals surface area contributed by atoms with Gasteiger partial charge < -0.3 is 14.2 Å². The first-order chi connectivity index (χ1) is 12.6. The van der Waals surface area contributed by atoms with Crippen LogP contribution in [0.4, 0.5) is 0 Å². The van der Waals surface area contributed by atoms with Crippen LogP contribution in [0.3, 0.4) is 0 Å². The van der Waals surface area contributed by atoms with Gasteiger partial charge in [0.2, 0.25) is 5.75 Å². The number of ether oxygens (including phenoxy) is 3. The van der Waals surface area contributed by atoms with E-state index < -0.39 is 0 Å². The number of rotatable bonds is 13. The Morgan fingerprint density at radius 3 is 2.04 bits per heavy atom. The maximum Gasteiger partial charge on any atom is 0.311 e. The molecule has 1 rings (SSSR count). The SMILES string of the molecule is CCCCCCCOc1cccc(OC(=O)CCC)c1OC(=O)CCC. The molecule has 5 nitrogen and oxygen atoms in total. The third-order valence-corrected chi connectivity index (χ3v) is 3.80. The summed E-state index contributed by atoms with van der Waals surface area (Å²) in [5, 5.41) is 0. The molecular formula is C21H32O5. The van der Waals surface area contributed by atoms with Gasteiger partial charge in [0.05, 0.1) is 6.61 Å². The number of carbonyl (C=O) groups is 2. The van der Waals surface area contributed by atoms with Crippen molar-refractivity contribution in [1.82, 2.24) is 0 Å². The summed E-state index contributed by atoms with van der Waals surface area (Å²) in [5.41, 5.74) is 0. The van der Waals surface area contributed by atoms with Crippen LogP contribution < -0.4 is 14.2 Å². The van der Waals surface area contributed by atoms with Crippen LogP contribution in [0.25, 0.3) is 0 Å². The van der Waals surface area contributed by atoms with Crippen molar-refractivity contribution >= 4 is 11.9 Å². The Morgan fingerprint density at radius 2 is 1.38 bits per heavy atom. The maximum absolute atomic E-state index is 12.0. The van der Waals surface area contributed by atoms with Gasteiger partial charge in [-0.3, -0.25) is 9.59 Å². The van der Waals surface area contributed by atoms with E-state index in [0.717, 1.165) is 12.8 Å². The molecule has 0 bridgehead atoms. The smallest absolute Gasteiger partial charge is 0.311 e. The highest BCUT2D eigenvalue weighted by Gasteiger charge is 2.18. The van der Waals surface area contributed by atoms with Crippen molar-refractivity contribution in [2.45, 2.75) is 78.6 Å². The molecule has 0 amide bonds. The number of carbonyl (C=O) groups excluding carboxylic acids is 2. The highest BCUT2D eigenvalue weighted by atomic mass is 16.6. The predicted octanol–water partition coefficient (Wildman–Crippen LogP) is 5.45. The number of benzene rings is 1. The van der Waals surface area contributed by atoms with E-state index in [-0.39, 0.29) is 23.4 Å². The molecule has 0 atom stereocenters. The fourth-order valence-electron chi connectivity index (χ4n) is 2.42. The number of hydrogen-bond acceptors (Lipinski definition) is 5. The third-order valence-electron chi connectivity index (χ3n) is 3.80. The summed E-state index contributed by atoms with van der Waals surface area (Å²) in [6.07, 6.45) is 7.63. The van der Waals surface area contributed by atoms with Crippen molar-refractivity contribution in [1.29, 1.82) is 0 Å². The van der Waals surface area contributed by atoms with Crippen LogP contribution >= 0.6 is 0 Å². The number of para-hydroxylation sites is 1. The molecule has 1 aromatic carbocycles. The summed E-state index contributed by atoms with van der Waals surface area (Å²) in [5.74, 6) is 0.156. The van der Waals surface area contributed by atoms with Gasteiger partial charge in [-0.25, -0.2) is 0 Å². The Balaban J connectivity index is 2.82. The van der Waals surface area contributed by atoms with E-state index in [1.165, 1.54) is 19.3 Å². The van der Waals surface area contributed by atoms with Crippen molar-refractivity contribution in [2.75, 3.05) is 6.61 Å². The zero-order chi connectivity index (χ0) is 19.2. The van der Waals surface area contributed by atoms with Gasteiger partial charge in [0, 0.05) is 12.8 Å². The largest absolute Gasteiger partial charge is 0.490 e. The fraction of sp³-hybridized carbons (Fsp3) is 0.619. The number of hydrogen-bond donors (Lipinski definition) is 0. The first-order valence-electron chi connectivity index (χ1n) is 9.79. The van der Waals surface area contributed by atoms with Crippen LogP contribution in [-0.4, -0.2) is 18.5 Å². The van der Waals surface area contributed by atoms with Crippen LogP contribution in [0, 0.1) is 0 Å². The summed E-state index contributed by atoms with van der Waals surface area (Å²) >= 11 is 0. The van der Waals surface area contributed by atoms with Crippen LogP contribution in [0.5, 0.6) is 17.2 Å². The average Bonchev–Trinajstić information content (AvgIpc) is 2.60. The monoisotopic (exact) mass is 364 g/mol. The van der Waals surface area contributed by atoms with Crippen LogP contribution in [-0.2, 0) is 9.59 Å². The lowest BCUT2D eigenvalue weighted by atomic mass is 10.2. The fourth-order valence-corrected chi connectivity index (χ4v) is 2.42. The Bertz CT molecular complexity index is 553. The molecule has 0 saturated carbocycles. The number of esters is 2. The van der Waals surface area contributed by atoms with E-state index in [2.05, 4.69) is 6.92 Å². The number of unbranched alkanes of at least 4 members (excludes halogenated alkanes) is 4. The lowest BCUT2D eigenvalue weighted by Crippen LogP contribution is -2.13. The van der Waals surface area contributed by atoms with Gasteiger partial charge >= 0.3 is 11.9 Å². The van der Waals surface area contributed by atoms with Gasteiger partial charge in [0.15, 0.2) is 11.5 Å². The molecule has 5 heteroatoms. The van der Waals surface area contributed by atoms with Crippen molar-refractivity contribution in [2.24, 2.45) is 0 Å². The lowest BCUT2D eigenvalue weighted by molar-refractivity contribution is -0.137. The van der Waals surface area contributed by atoms with Gasteiger partial charge in [-0.1, -0.05) is 52.5 Å². The molecule has 0 saturated heterocycles. The topological polar surface area (TPSA) is 61.8 Å². The predicted molar refractivity (Wildman–Crippen MR) is 102 cm³/mol. The summed E-state index contributed by atoms with van der Waals surface area (Å²) < 4.78 is 16.6. The van der Waals surface area contributed by atoms with Gasteiger partial charge in [0.25, 0.3) is 0 Å². The van der Waals surface area contributed by atoms with E-state index >= 15 is 0 Å². The molecule has 0 aliphatic carbocycles. The highest BCUT2D eigenvalue weighted by Crippen LogP contribution is 2.38. The second kappa shape index (κ2) is 13.2.